The highest BCUT2D eigenvalue weighted by Crippen LogP contribution is 2.34. The maximum absolute atomic E-state index is 12.2. The Morgan fingerprint density at radius 1 is 1.37 bits per heavy atom. The molecule has 4 heteroatoms. The van der Waals surface area contributed by atoms with Crippen molar-refractivity contribution < 1.29 is 4.79 Å². The summed E-state index contributed by atoms with van der Waals surface area (Å²) in [6.07, 6.45) is 0. The van der Waals surface area contributed by atoms with Crippen molar-refractivity contribution in [2.24, 2.45) is 5.41 Å². The number of hydrogen-bond donors (Lipinski definition) is 2. The molecule has 0 bridgehead atoms. The fourth-order valence-electron chi connectivity index (χ4n) is 1.82. The minimum Gasteiger partial charge on any atom is -0.397 e. The van der Waals surface area contributed by atoms with Crippen molar-refractivity contribution in [1.82, 2.24) is 5.32 Å². The Morgan fingerprint density at radius 3 is 2.68 bits per heavy atom. The highest BCUT2D eigenvalue weighted by molar-refractivity contribution is 7.21. The van der Waals surface area contributed by atoms with Crippen LogP contribution in [-0.4, -0.2) is 12.5 Å². The van der Waals surface area contributed by atoms with Crippen LogP contribution in [0.5, 0.6) is 0 Å². The standard InChI is InChI=1S/C15H20N2OS/c1-9-5-6-11-10(7-9)12(16)13(19-11)14(18)17-8-15(2,3)4/h5-7H,8,16H2,1-4H3,(H,17,18). The van der Waals surface area contributed by atoms with Crippen molar-refractivity contribution in [3.63, 3.8) is 0 Å². The van der Waals surface area contributed by atoms with Crippen molar-refractivity contribution in [3.8, 4) is 0 Å². The van der Waals surface area contributed by atoms with E-state index in [1.165, 1.54) is 11.3 Å². The summed E-state index contributed by atoms with van der Waals surface area (Å²) >= 11 is 1.45. The Kier molecular flexibility index (Phi) is 3.54. The molecule has 0 aliphatic rings. The number of hydrogen-bond acceptors (Lipinski definition) is 3. The third-order valence-corrected chi connectivity index (χ3v) is 4.05. The maximum atomic E-state index is 12.2. The number of benzene rings is 1. The van der Waals surface area contributed by atoms with E-state index in [0.29, 0.717) is 17.1 Å². The molecule has 102 valence electrons. The first-order valence-corrected chi connectivity index (χ1v) is 7.16. The van der Waals surface area contributed by atoms with Crippen LogP contribution in [0.3, 0.4) is 0 Å². The largest absolute Gasteiger partial charge is 0.397 e. The number of carbonyl (C=O) groups excluding carboxylic acids is 1. The Labute approximate surface area is 117 Å². The van der Waals surface area contributed by atoms with E-state index in [9.17, 15) is 4.79 Å². The zero-order chi connectivity index (χ0) is 14.2. The van der Waals surface area contributed by atoms with Crippen LogP contribution in [0.2, 0.25) is 0 Å². The van der Waals surface area contributed by atoms with Crippen LogP contribution in [0.1, 0.15) is 36.0 Å². The van der Waals surface area contributed by atoms with Gasteiger partial charge in [-0.1, -0.05) is 32.4 Å². The first-order chi connectivity index (χ1) is 8.78. The van der Waals surface area contributed by atoms with Crippen molar-refractivity contribution in [3.05, 3.63) is 28.6 Å². The molecule has 0 saturated carbocycles. The van der Waals surface area contributed by atoms with Crippen LogP contribution in [0.25, 0.3) is 10.1 Å². The van der Waals surface area contributed by atoms with Gasteiger partial charge in [-0.2, -0.15) is 0 Å². The molecule has 0 aliphatic carbocycles. The number of nitrogens with two attached hydrogens (primary N) is 1. The van der Waals surface area contributed by atoms with Gasteiger partial charge in [0.25, 0.3) is 5.91 Å². The van der Waals surface area contributed by atoms with E-state index in [-0.39, 0.29) is 11.3 Å². The van der Waals surface area contributed by atoms with Crippen LogP contribution in [0.15, 0.2) is 18.2 Å². The zero-order valence-electron chi connectivity index (χ0n) is 11.8. The Bertz CT molecular complexity index is 623. The van der Waals surface area contributed by atoms with E-state index in [1.807, 2.05) is 25.1 Å². The minimum absolute atomic E-state index is 0.0672. The highest BCUT2D eigenvalue weighted by atomic mass is 32.1. The van der Waals surface area contributed by atoms with Crippen LogP contribution in [0, 0.1) is 12.3 Å². The predicted molar refractivity (Wildman–Crippen MR) is 82.8 cm³/mol. The molecule has 1 amide bonds. The van der Waals surface area contributed by atoms with E-state index < -0.39 is 0 Å². The zero-order valence-corrected chi connectivity index (χ0v) is 12.6. The molecule has 19 heavy (non-hydrogen) atoms. The van der Waals surface area contributed by atoms with E-state index in [4.69, 9.17) is 5.73 Å². The van der Waals surface area contributed by atoms with Gasteiger partial charge in [-0.15, -0.1) is 11.3 Å². The third-order valence-electron chi connectivity index (χ3n) is 2.87. The highest BCUT2D eigenvalue weighted by Gasteiger charge is 2.18. The second kappa shape index (κ2) is 4.85. The fraction of sp³-hybridized carbons (Fsp3) is 0.400. The molecule has 0 atom stereocenters. The summed E-state index contributed by atoms with van der Waals surface area (Å²) < 4.78 is 1.06. The summed E-state index contributed by atoms with van der Waals surface area (Å²) in [6, 6.07) is 6.09. The summed E-state index contributed by atoms with van der Waals surface area (Å²) in [6.45, 7) is 8.93. The molecule has 1 aromatic carbocycles. The van der Waals surface area contributed by atoms with Crippen LogP contribution >= 0.6 is 11.3 Å². The Hall–Kier alpha value is -1.55. The SMILES string of the molecule is Cc1ccc2sc(C(=O)NCC(C)(C)C)c(N)c2c1. The summed E-state index contributed by atoms with van der Waals surface area (Å²) in [5.74, 6) is -0.0775. The summed E-state index contributed by atoms with van der Waals surface area (Å²) in [4.78, 5) is 12.8. The number of anilines is 1. The average Bonchev–Trinajstić information content (AvgIpc) is 2.63. The molecule has 3 nitrogen and oxygen atoms in total. The monoisotopic (exact) mass is 276 g/mol. The number of nitrogens with one attached hydrogen (secondary N) is 1. The smallest absolute Gasteiger partial charge is 0.263 e. The van der Waals surface area contributed by atoms with Crippen molar-refractivity contribution in [2.75, 3.05) is 12.3 Å². The van der Waals surface area contributed by atoms with Crippen molar-refractivity contribution in [1.29, 1.82) is 0 Å². The lowest BCUT2D eigenvalue weighted by molar-refractivity contribution is 0.0944. The molecular formula is C15H20N2OS. The molecular weight excluding hydrogens is 256 g/mol. The van der Waals surface area contributed by atoms with Gasteiger partial charge >= 0.3 is 0 Å². The lowest BCUT2D eigenvalue weighted by atomic mass is 9.97. The lowest BCUT2D eigenvalue weighted by Crippen LogP contribution is -2.32. The van der Waals surface area contributed by atoms with Gasteiger partial charge in [0.1, 0.15) is 4.88 Å². The van der Waals surface area contributed by atoms with Gasteiger partial charge < -0.3 is 11.1 Å². The molecule has 0 spiro atoms. The van der Waals surface area contributed by atoms with Crippen molar-refractivity contribution >= 4 is 33.0 Å². The topological polar surface area (TPSA) is 55.1 Å². The third kappa shape index (κ3) is 3.07. The summed E-state index contributed by atoms with van der Waals surface area (Å²) in [7, 11) is 0. The Morgan fingerprint density at radius 2 is 2.05 bits per heavy atom. The van der Waals surface area contributed by atoms with E-state index in [2.05, 4.69) is 26.1 Å². The molecule has 0 radical (unpaired) electrons. The number of fused-ring (bicyclic) bond motifs is 1. The molecule has 2 aromatic rings. The first kappa shape index (κ1) is 13.9. The molecule has 0 saturated heterocycles. The number of rotatable bonds is 2. The maximum Gasteiger partial charge on any atom is 0.263 e. The van der Waals surface area contributed by atoms with Crippen molar-refractivity contribution in [2.45, 2.75) is 27.7 Å². The van der Waals surface area contributed by atoms with E-state index >= 15 is 0 Å². The number of amides is 1. The second-order valence-electron chi connectivity index (χ2n) is 6.09. The normalized spacial score (nSPS) is 11.8. The van der Waals surface area contributed by atoms with Gasteiger partial charge in [0, 0.05) is 16.6 Å². The molecule has 0 unspecified atom stereocenters. The molecule has 3 N–H and O–H groups in total. The lowest BCUT2D eigenvalue weighted by Gasteiger charge is -2.18. The van der Waals surface area contributed by atoms with E-state index in [0.717, 1.165) is 15.6 Å². The fourth-order valence-corrected chi connectivity index (χ4v) is 2.84. The molecule has 2 rings (SSSR count). The van der Waals surface area contributed by atoms with Gasteiger partial charge in [0.2, 0.25) is 0 Å². The van der Waals surface area contributed by atoms with Crippen LogP contribution < -0.4 is 11.1 Å². The summed E-state index contributed by atoms with van der Waals surface area (Å²) in [5, 5.41) is 3.92. The average molecular weight is 276 g/mol. The minimum atomic E-state index is -0.0775. The van der Waals surface area contributed by atoms with Gasteiger partial charge in [-0.05, 0) is 24.5 Å². The second-order valence-corrected chi connectivity index (χ2v) is 7.14. The number of aryl methyl sites for hydroxylation is 1. The number of carbonyl (C=O) groups is 1. The van der Waals surface area contributed by atoms with Gasteiger partial charge in [-0.25, -0.2) is 0 Å². The van der Waals surface area contributed by atoms with Crippen LogP contribution in [0.4, 0.5) is 5.69 Å². The van der Waals surface area contributed by atoms with E-state index in [1.54, 1.807) is 0 Å². The molecule has 0 fully saturated rings. The van der Waals surface area contributed by atoms with Gasteiger partial charge in [-0.3, -0.25) is 4.79 Å². The Balaban J connectivity index is 2.30. The number of nitrogen functional groups attached to an aromatic ring is 1. The van der Waals surface area contributed by atoms with Crippen LogP contribution in [-0.2, 0) is 0 Å². The number of thiophene rings is 1. The summed E-state index contributed by atoms with van der Waals surface area (Å²) in [5.41, 5.74) is 7.91. The molecule has 1 aromatic heterocycles. The first-order valence-electron chi connectivity index (χ1n) is 6.35. The predicted octanol–water partition coefficient (Wildman–Crippen LogP) is 3.57. The van der Waals surface area contributed by atoms with Gasteiger partial charge in [0.05, 0.1) is 5.69 Å². The van der Waals surface area contributed by atoms with Gasteiger partial charge in [0.15, 0.2) is 0 Å². The quantitative estimate of drug-likeness (QED) is 0.881. The molecule has 1 heterocycles. The molecule has 0 aliphatic heterocycles.